The number of piperazine rings is 1. The lowest BCUT2D eigenvalue weighted by Crippen LogP contribution is -2.46. The standard InChI is InChI=1S/C20H23ClN4O2/c21-15-2-1-3-18(12-15)24-10-8-23(9-11-24)16-4-6-17(7-5-16)25-14-19(13-22)27-20(25)26/h1-7,12,19H,8-11,13-14,22H2/t19-/m0/s1. The summed E-state index contributed by atoms with van der Waals surface area (Å²) in [5, 5.41) is 0.767. The van der Waals surface area contributed by atoms with Crippen molar-refractivity contribution in [3.63, 3.8) is 0 Å². The number of cyclic esters (lactones) is 1. The zero-order valence-corrected chi connectivity index (χ0v) is 15.8. The molecule has 0 spiro atoms. The van der Waals surface area contributed by atoms with Crippen molar-refractivity contribution in [2.75, 3.05) is 54.0 Å². The molecule has 0 saturated carbocycles. The monoisotopic (exact) mass is 386 g/mol. The van der Waals surface area contributed by atoms with Crippen LogP contribution in [0.25, 0.3) is 0 Å². The van der Waals surface area contributed by atoms with Gasteiger partial charge in [0.05, 0.1) is 6.54 Å². The minimum Gasteiger partial charge on any atom is -0.443 e. The Balaban J connectivity index is 1.38. The maximum Gasteiger partial charge on any atom is 0.414 e. The van der Waals surface area contributed by atoms with E-state index >= 15 is 0 Å². The quantitative estimate of drug-likeness (QED) is 0.875. The number of nitrogens with zero attached hydrogens (tertiary/aromatic N) is 3. The highest BCUT2D eigenvalue weighted by atomic mass is 35.5. The Morgan fingerprint density at radius 1 is 0.963 bits per heavy atom. The lowest BCUT2D eigenvalue weighted by atomic mass is 10.2. The van der Waals surface area contributed by atoms with Crippen molar-refractivity contribution in [2.45, 2.75) is 6.10 Å². The van der Waals surface area contributed by atoms with Crippen LogP contribution in [-0.4, -0.2) is 51.5 Å². The molecule has 2 aliphatic heterocycles. The fraction of sp³-hybridized carbons (Fsp3) is 0.350. The predicted octanol–water partition coefficient (Wildman–Crippen LogP) is 2.95. The van der Waals surface area contributed by atoms with Gasteiger partial charge in [0.1, 0.15) is 6.10 Å². The van der Waals surface area contributed by atoms with Gasteiger partial charge in [-0.25, -0.2) is 4.79 Å². The van der Waals surface area contributed by atoms with Crippen molar-refractivity contribution in [3.05, 3.63) is 53.6 Å². The van der Waals surface area contributed by atoms with E-state index in [0.717, 1.165) is 42.6 Å². The molecule has 0 unspecified atom stereocenters. The van der Waals surface area contributed by atoms with Crippen LogP contribution >= 0.6 is 11.6 Å². The molecule has 0 aromatic heterocycles. The van der Waals surface area contributed by atoms with E-state index in [9.17, 15) is 4.79 Å². The van der Waals surface area contributed by atoms with Crippen LogP contribution in [0.15, 0.2) is 48.5 Å². The Bertz CT molecular complexity index is 806. The van der Waals surface area contributed by atoms with E-state index < -0.39 is 0 Å². The highest BCUT2D eigenvalue weighted by Gasteiger charge is 2.31. The minimum absolute atomic E-state index is 0.225. The van der Waals surface area contributed by atoms with Gasteiger partial charge in [0.25, 0.3) is 0 Å². The van der Waals surface area contributed by atoms with Crippen molar-refractivity contribution >= 4 is 34.8 Å². The third-order valence-corrected chi connectivity index (χ3v) is 5.35. The number of anilines is 3. The van der Waals surface area contributed by atoms with E-state index in [4.69, 9.17) is 22.1 Å². The number of ether oxygens (including phenoxy) is 1. The third-order valence-electron chi connectivity index (χ3n) is 5.12. The largest absolute Gasteiger partial charge is 0.443 e. The predicted molar refractivity (Wildman–Crippen MR) is 109 cm³/mol. The first-order valence-electron chi connectivity index (χ1n) is 9.18. The number of rotatable bonds is 4. The van der Waals surface area contributed by atoms with Crippen molar-refractivity contribution in [3.8, 4) is 0 Å². The average Bonchev–Trinajstić information content (AvgIpc) is 3.09. The Kier molecular flexibility index (Phi) is 5.09. The van der Waals surface area contributed by atoms with E-state index in [1.165, 1.54) is 5.69 Å². The molecule has 2 aliphatic rings. The van der Waals surface area contributed by atoms with Crippen molar-refractivity contribution in [1.82, 2.24) is 0 Å². The fourth-order valence-corrected chi connectivity index (χ4v) is 3.78. The summed E-state index contributed by atoms with van der Waals surface area (Å²) in [5.74, 6) is 0. The molecule has 0 radical (unpaired) electrons. The van der Waals surface area contributed by atoms with E-state index in [-0.39, 0.29) is 12.2 Å². The first-order valence-corrected chi connectivity index (χ1v) is 9.55. The van der Waals surface area contributed by atoms with Crippen LogP contribution in [0.5, 0.6) is 0 Å². The van der Waals surface area contributed by atoms with E-state index in [0.29, 0.717) is 13.1 Å². The fourth-order valence-electron chi connectivity index (χ4n) is 3.59. The smallest absolute Gasteiger partial charge is 0.414 e. The van der Waals surface area contributed by atoms with Crippen LogP contribution in [0, 0.1) is 0 Å². The summed E-state index contributed by atoms with van der Waals surface area (Å²) in [5.41, 5.74) is 8.77. The molecule has 2 heterocycles. The summed E-state index contributed by atoms with van der Waals surface area (Å²) in [4.78, 5) is 18.3. The normalized spacial score (nSPS) is 20.1. The van der Waals surface area contributed by atoms with Gasteiger partial charge in [-0.15, -0.1) is 0 Å². The van der Waals surface area contributed by atoms with Crippen LogP contribution in [0.1, 0.15) is 0 Å². The van der Waals surface area contributed by atoms with Gasteiger partial charge in [-0.05, 0) is 42.5 Å². The number of halogens is 1. The van der Waals surface area contributed by atoms with E-state index in [2.05, 4.69) is 28.0 Å². The van der Waals surface area contributed by atoms with Gasteiger partial charge in [0.2, 0.25) is 0 Å². The van der Waals surface area contributed by atoms with Crippen LogP contribution in [-0.2, 0) is 4.74 Å². The maximum absolute atomic E-state index is 11.9. The van der Waals surface area contributed by atoms with Crippen molar-refractivity contribution < 1.29 is 9.53 Å². The second-order valence-corrected chi connectivity index (χ2v) is 7.26. The van der Waals surface area contributed by atoms with Crippen LogP contribution in [0.3, 0.4) is 0 Å². The van der Waals surface area contributed by atoms with Gasteiger partial charge >= 0.3 is 6.09 Å². The summed E-state index contributed by atoms with van der Waals surface area (Å²) >= 11 is 6.10. The molecule has 1 amide bonds. The molecule has 0 bridgehead atoms. The minimum atomic E-state index is -0.326. The number of nitrogens with two attached hydrogens (primary N) is 1. The molecule has 1 atom stereocenters. The lowest BCUT2D eigenvalue weighted by Gasteiger charge is -2.37. The Hall–Kier alpha value is -2.44. The molecule has 2 aromatic carbocycles. The highest BCUT2D eigenvalue weighted by Crippen LogP contribution is 2.26. The SMILES string of the molecule is NC[C@H]1CN(c2ccc(N3CCN(c4cccc(Cl)c4)CC3)cc2)C(=O)O1. The van der Waals surface area contributed by atoms with Gasteiger partial charge in [0, 0.05) is 54.8 Å². The molecule has 4 rings (SSSR count). The first kappa shape index (κ1) is 17.9. The molecule has 2 fully saturated rings. The summed E-state index contributed by atoms with van der Waals surface area (Å²) in [6.45, 7) is 4.61. The van der Waals surface area contributed by atoms with Gasteiger partial charge in [-0.1, -0.05) is 17.7 Å². The van der Waals surface area contributed by atoms with Gasteiger partial charge in [0.15, 0.2) is 0 Å². The van der Waals surface area contributed by atoms with Crippen molar-refractivity contribution in [2.24, 2.45) is 5.73 Å². The Labute approximate surface area is 164 Å². The summed E-state index contributed by atoms with van der Waals surface area (Å²) < 4.78 is 5.22. The molecule has 2 N–H and O–H groups in total. The van der Waals surface area contributed by atoms with Gasteiger partial charge in [-0.2, -0.15) is 0 Å². The maximum atomic E-state index is 11.9. The third kappa shape index (κ3) is 3.82. The summed E-state index contributed by atoms with van der Waals surface area (Å²) in [6, 6.07) is 16.1. The molecular weight excluding hydrogens is 364 g/mol. The topological polar surface area (TPSA) is 62.0 Å². The first-order chi connectivity index (χ1) is 13.1. The number of carbonyl (C=O) groups is 1. The summed E-state index contributed by atoms with van der Waals surface area (Å²) in [7, 11) is 0. The number of amides is 1. The summed E-state index contributed by atoms with van der Waals surface area (Å²) in [6.07, 6.45) is -0.551. The Morgan fingerprint density at radius 3 is 2.19 bits per heavy atom. The van der Waals surface area contributed by atoms with E-state index in [1.54, 1.807) is 4.90 Å². The zero-order valence-electron chi connectivity index (χ0n) is 15.1. The average molecular weight is 387 g/mol. The molecule has 0 aliphatic carbocycles. The number of hydrogen-bond donors (Lipinski definition) is 1. The van der Waals surface area contributed by atoms with Crippen LogP contribution < -0.4 is 20.4 Å². The van der Waals surface area contributed by atoms with Gasteiger partial charge in [-0.3, -0.25) is 4.90 Å². The highest BCUT2D eigenvalue weighted by molar-refractivity contribution is 6.30. The molecule has 142 valence electrons. The Morgan fingerprint density at radius 2 is 1.59 bits per heavy atom. The molecule has 27 heavy (non-hydrogen) atoms. The number of hydrogen-bond acceptors (Lipinski definition) is 5. The van der Waals surface area contributed by atoms with Crippen LogP contribution in [0.4, 0.5) is 21.9 Å². The molecular formula is C20H23ClN4O2. The second-order valence-electron chi connectivity index (χ2n) is 6.82. The molecule has 2 aromatic rings. The molecule has 2 saturated heterocycles. The van der Waals surface area contributed by atoms with Gasteiger partial charge < -0.3 is 20.3 Å². The lowest BCUT2D eigenvalue weighted by molar-refractivity contribution is 0.145. The van der Waals surface area contributed by atoms with Crippen LogP contribution in [0.2, 0.25) is 5.02 Å². The number of carbonyl (C=O) groups excluding carboxylic acids is 1. The van der Waals surface area contributed by atoms with E-state index in [1.807, 2.05) is 30.3 Å². The zero-order chi connectivity index (χ0) is 18.8. The number of benzene rings is 2. The van der Waals surface area contributed by atoms with Crippen molar-refractivity contribution in [1.29, 1.82) is 0 Å². The molecule has 7 heteroatoms. The molecule has 6 nitrogen and oxygen atoms in total. The second kappa shape index (κ2) is 7.66.